The minimum atomic E-state index is 0.403. The summed E-state index contributed by atoms with van der Waals surface area (Å²) in [7, 11) is 1.55. The summed E-state index contributed by atoms with van der Waals surface area (Å²) < 4.78 is 7.04. The predicted octanol–water partition coefficient (Wildman–Crippen LogP) is 1.77. The van der Waals surface area contributed by atoms with Crippen LogP contribution < -0.4 is 10.5 Å². The lowest BCUT2D eigenvalue weighted by Crippen LogP contribution is -2.05. The fourth-order valence-electron chi connectivity index (χ4n) is 2.23. The first kappa shape index (κ1) is 12.4. The predicted molar refractivity (Wildman–Crippen MR) is 76.6 cm³/mol. The van der Waals surface area contributed by atoms with Crippen LogP contribution in [-0.4, -0.2) is 26.6 Å². The Labute approximate surface area is 116 Å². The number of aromatic nitrogens is 4. The molecule has 3 aromatic rings. The molecular weight excluding hydrogens is 254 g/mol. The number of ether oxygens (including phenoxy) is 1. The molecule has 20 heavy (non-hydrogen) atoms. The third kappa shape index (κ3) is 2.05. The Balaban J connectivity index is 2.10. The Morgan fingerprint density at radius 3 is 2.90 bits per heavy atom. The average molecular weight is 269 g/mol. The molecule has 0 aliphatic heterocycles. The van der Waals surface area contributed by atoms with Crippen LogP contribution >= 0.6 is 0 Å². The summed E-state index contributed by atoms with van der Waals surface area (Å²) >= 11 is 0. The van der Waals surface area contributed by atoms with Gasteiger partial charge in [0.05, 0.1) is 13.7 Å². The van der Waals surface area contributed by atoms with Gasteiger partial charge in [0.25, 0.3) is 0 Å². The van der Waals surface area contributed by atoms with E-state index in [-0.39, 0.29) is 0 Å². The van der Waals surface area contributed by atoms with Gasteiger partial charge in [-0.15, -0.1) is 0 Å². The molecule has 6 heteroatoms. The second-order valence-electron chi connectivity index (χ2n) is 4.60. The van der Waals surface area contributed by atoms with Gasteiger partial charge in [0.1, 0.15) is 6.33 Å². The molecule has 2 aromatic heterocycles. The first-order chi connectivity index (χ1) is 9.69. The van der Waals surface area contributed by atoms with E-state index in [9.17, 15) is 0 Å². The highest BCUT2D eigenvalue weighted by Gasteiger charge is 2.14. The van der Waals surface area contributed by atoms with Gasteiger partial charge in [-0.25, -0.2) is 9.97 Å². The van der Waals surface area contributed by atoms with E-state index >= 15 is 0 Å². The number of benzene rings is 1. The normalized spacial score (nSPS) is 10.9. The minimum Gasteiger partial charge on any atom is -0.479 e. The van der Waals surface area contributed by atoms with Crippen molar-refractivity contribution in [2.75, 3.05) is 12.8 Å². The Morgan fingerprint density at radius 2 is 2.15 bits per heavy atom. The molecule has 2 N–H and O–H groups in total. The summed E-state index contributed by atoms with van der Waals surface area (Å²) in [6, 6.07) is 8.25. The van der Waals surface area contributed by atoms with Crippen LogP contribution in [0, 0.1) is 6.92 Å². The van der Waals surface area contributed by atoms with Crippen LogP contribution in [0.5, 0.6) is 5.88 Å². The smallest absolute Gasteiger partial charge is 0.245 e. The summed E-state index contributed by atoms with van der Waals surface area (Å²) in [5.41, 5.74) is 9.60. The number of nitrogens with zero attached hydrogens (tertiary/aromatic N) is 4. The largest absolute Gasteiger partial charge is 0.479 e. The molecule has 0 spiro atoms. The number of hydrogen-bond donors (Lipinski definition) is 1. The van der Waals surface area contributed by atoms with Crippen LogP contribution in [-0.2, 0) is 6.54 Å². The van der Waals surface area contributed by atoms with Crippen LogP contribution in [0.25, 0.3) is 11.2 Å². The van der Waals surface area contributed by atoms with Crippen LogP contribution in [0.4, 0.5) is 5.95 Å². The van der Waals surface area contributed by atoms with Gasteiger partial charge < -0.3 is 10.5 Å². The number of aryl methyl sites for hydroxylation is 1. The van der Waals surface area contributed by atoms with Gasteiger partial charge >= 0.3 is 0 Å². The summed E-state index contributed by atoms with van der Waals surface area (Å²) in [5, 5.41) is 0. The standard InChI is InChI=1S/C14H15N5O/c1-9-4-3-5-10(6-9)7-19-12-11(18-14(19)15)13(20-2)17-8-16-12/h3-6,8H,7H2,1-2H3,(H2,15,18). The van der Waals surface area contributed by atoms with E-state index in [0.717, 1.165) is 5.56 Å². The number of imidazole rings is 1. The van der Waals surface area contributed by atoms with Crippen LogP contribution in [0.3, 0.4) is 0 Å². The lowest BCUT2D eigenvalue weighted by molar-refractivity contribution is 0.401. The number of rotatable bonds is 3. The van der Waals surface area contributed by atoms with Crippen molar-refractivity contribution < 1.29 is 4.74 Å². The maximum atomic E-state index is 5.99. The highest BCUT2D eigenvalue weighted by Crippen LogP contribution is 2.23. The maximum Gasteiger partial charge on any atom is 0.245 e. The monoisotopic (exact) mass is 269 g/mol. The fourth-order valence-corrected chi connectivity index (χ4v) is 2.23. The van der Waals surface area contributed by atoms with E-state index in [1.807, 2.05) is 10.6 Å². The third-order valence-corrected chi connectivity index (χ3v) is 3.14. The molecule has 0 aliphatic carbocycles. The molecule has 3 rings (SSSR count). The number of fused-ring (bicyclic) bond motifs is 1. The molecule has 0 fully saturated rings. The molecule has 6 nitrogen and oxygen atoms in total. The summed E-state index contributed by atoms with van der Waals surface area (Å²) in [5.74, 6) is 0.838. The molecule has 0 saturated carbocycles. The van der Waals surface area contributed by atoms with E-state index in [4.69, 9.17) is 10.5 Å². The second kappa shape index (κ2) is 4.80. The molecular formula is C14H15N5O. The van der Waals surface area contributed by atoms with Crippen molar-refractivity contribution >= 4 is 17.1 Å². The third-order valence-electron chi connectivity index (χ3n) is 3.14. The second-order valence-corrected chi connectivity index (χ2v) is 4.60. The molecule has 0 amide bonds. The Bertz CT molecular complexity index is 765. The maximum absolute atomic E-state index is 5.99. The van der Waals surface area contributed by atoms with Crippen molar-refractivity contribution in [1.82, 2.24) is 19.5 Å². The molecule has 0 atom stereocenters. The van der Waals surface area contributed by atoms with E-state index < -0.39 is 0 Å². The Morgan fingerprint density at radius 1 is 1.30 bits per heavy atom. The topological polar surface area (TPSA) is 78.8 Å². The van der Waals surface area contributed by atoms with Crippen molar-refractivity contribution in [1.29, 1.82) is 0 Å². The van der Waals surface area contributed by atoms with Crippen molar-refractivity contribution in [3.8, 4) is 5.88 Å². The van der Waals surface area contributed by atoms with Gasteiger partial charge in [0.2, 0.25) is 11.8 Å². The van der Waals surface area contributed by atoms with Crippen LogP contribution in [0.1, 0.15) is 11.1 Å². The van der Waals surface area contributed by atoms with E-state index in [1.54, 1.807) is 7.11 Å². The zero-order valence-electron chi connectivity index (χ0n) is 11.4. The van der Waals surface area contributed by atoms with E-state index in [0.29, 0.717) is 29.5 Å². The van der Waals surface area contributed by atoms with Gasteiger partial charge in [0, 0.05) is 0 Å². The van der Waals surface area contributed by atoms with Crippen molar-refractivity contribution in [2.24, 2.45) is 0 Å². The first-order valence-corrected chi connectivity index (χ1v) is 6.25. The van der Waals surface area contributed by atoms with E-state index in [1.165, 1.54) is 11.9 Å². The molecule has 0 aliphatic rings. The van der Waals surface area contributed by atoms with Gasteiger partial charge in [-0.2, -0.15) is 4.98 Å². The molecule has 0 saturated heterocycles. The lowest BCUT2D eigenvalue weighted by Gasteiger charge is -2.06. The molecule has 0 unspecified atom stereocenters. The zero-order chi connectivity index (χ0) is 14.1. The quantitative estimate of drug-likeness (QED) is 0.784. The first-order valence-electron chi connectivity index (χ1n) is 6.25. The molecule has 0 radical (unpaired) electrons. The highest BCUT2D eigenvalue weighted by molar-refractivity contribution is 5.79. The van der Waals surface area contributed by atoms with Gasteiger partial charge in [-0.1, -0.05) is 29.8 Å². The van der Waals surface area contributed by atoms with Crippen LogP contribution in [0.2, 0.25) is 0 Å². The van der Waals surface area contributed by atoms with Gasteiger partial charge in [-0.05, 0) is 12.5 Å². The molecule has 2 heterocycles. The number of methoxy groups -OCH3 is 1. The Hall–Kier alpha value is -2.63. The lowest BCUT2D eigenvalue weighted by atomic mass is 10.1. The summed E-state index contributed by atoms with van der Waals surface area (Å²) in [4.78, 5) is 12.6. The molecule has 1 aromatic carbocycles. The molecule has 102 valence electrons. The van der Waals surface area contributed by atoms with Crippen molar-refractivity contribution in [3.63, 3.8) is 0 Å². The molecule has 0 bridgehead atoms. The van der Waals surface area contributed by atoms with Crippen LogP contribution in [0.15, 0.2) is 30.6 Å². The number of nitrogen functional groups attached to an aromatic ring is 1. The number of nitrogens with two attached hydrogens (primary N) is 1. The SMILES string of the molecule is COc1ncnc2c1nc(N)n2Cc1cccc(C)c1. The highest BCUT2D eigenvalue weighted by atomic mass is 16.5. The Kier molecular flexibility index (Phi) is 2.98. The van der Waals surface area contributed by atoms with Crippen molar-refractivity contribution in [3.05, 3.63) is 41.7 Å². The fraction of sp³-hybridized carbons (Fsp3) is 0.214. The minimum absolute atomic E-state index is 0.403. The summed E-state index contributed by atoms with van der Waals surface area (Å²) in [6.07, 6.45) is 1.45. The van der Waals surface area contributed by atoms with E-state index in [2.05, 4.69) is 40.1 Å². The number of hydrogen-bond acceptors (Lipinski definition) is 5. The van der Waals surface area contributed by atoms with Crippen molar-refractivity contribution in [2.45, 2.75) is 13.5 Å². The zero-order valence-corrected chi connectivity index (χ0v) is 11.4. The van der Waals surface area contributed by atoms with Gasteiger partial charge in [-0.3, -0.25) is 4.57 Å². The van der Waals surface area contributed by atoms with Gasteiger partial charge in [0.15, 0.2) is 11.2 Å². The average Bonchev–Trinajstić information content (AvgIpc) is 2.75. The summed E-state index contributed by atoms with van der Waals surface area (Å²) in [6.45, 7) is 2.67. The number of anilines is 1.